The Morgan fingerprint density at radius 3 is 2.45 bits per heavy atom. The molecule has 0 radical (unpaired) electrons. The van der Waals surface area contributed by atoms with Crippen molar-refractivity contribution in [2.75, 3.05) is 20.2 Å². The van der Waals surface area contributed by atoms with Crippen molar-refractivity contribution >= 4 is 11.8 Å². The highest BCUT2D eigenvalue weighted by molar-refractivity contribution is 6.04. The van der Waals surface area contributed by atoms with Gasteiger partial charge in [0.15, 0.2) is 0 Å². The van der Waals surface area contributed by atoms with Gasteiger partial charge in [0.25, 0.3) is 5.91 Å². The molecule has 4 rings (SSSR count). The van der Waals surface area contributed by atoms with E-state index >= 15 is 0 Å². The number of likely N-dealkylation sites (tertiary alicyclic amines) is 1. The third kappa shape index (κ3) is 5.06. The van der Waals surface area contributed by atoms with E-state index in [0.717, 1.165) is 29.8 Å². The Kier molecular flexibility index (Phi) is 7.33. The number of ether oxygens (including phenoxy) is 1. The molecule has 2 aliphatic rings. The van der Waals surface area contributed by atoms with E-state index < -0.39 is 6.04 Å². The van der Waals surface area contributed by atoms with Crippen LogP contribution in [-0.4, -0.2) is 53.9 Å². The van der Waals surface area contributed by atoms with Crippen molar-refractivity contribution in [2.24, 2.45) is 0 Å². The molecule has 0 aliphatic carbocycles. The van der Waals surface area contributed by atoms with Crippen molar-refractivity contribution in [3.05, 3.63) is 65.2 Å². The second-order valence-electron chi connectivity index (χ2n) is 9.28. The molecule has 1 N–H and O–H groups in total. The van der Waals surface area contributed by atoms with Crippen molar-refractivity contribution < 1.29 is 14.3 Å². The lowest BCUT2D eigenvalue weighted by Crippen LogP contribution is -2.45. The predicted molar refractivity (Wildman–Crippen MR) is 129 cm³/mol. The van der Waals surface area contributed by atoms with E-state index in [2.05, 4.69) is 24.1 Å². The first-order valence-electron chi connectivity index (χ1n) is 12.1. The van der Waals surface area contributed by atoms with Gasteiger partial charge in [0, 0.05) is 37.3 Å². The van der Waals surface area contributed by atoms with Crippen molar-refractivity contribution in [1.82, 2.24) is 15.1 Å². The fourth-order valence-electron chi connectivity index (χ4n) is 5.23. The van der Waals surface area contributed by atoms with Crippen LogP contribution in [0.2, 0.25) is 0 Å². The number of piperidine rings is 1. The number of methoxy groups -OCH3 is 1. The first-order valence-corrected chi connectivity index (χ1v) is 12.1. The van der Waals surface area contributed by atoms with Crippen LogP contribution in [0.15, 0.2) is 48.5 Å². The third-order valence-corrected chi connectivity index (χ3v) is 7.09. The molecule has 0 unspecified atom stereocenters. The molecule has 0 aromatic heterocycles. The maximum atomic E-state index is 13.3. The molecule has 1 fully saturated rings. The monoisotopic (exact) mass is 449 g/mol. The largest absolute Gasteiger partial charge is 0.497 e. The van der Waals surface area contributed by atoms with Crippen LogP contribution in [0, 0.1) is 0 Å². The number of amides is 2. The molecular formula is C27H35N3O3. The number of rotatable bonds is 8. The van der Waals surface area contributed by atoms with Gasteiger partial charge in [-0.25, -0.2) is 0 Å². The highest BCUT2D eigenvalue weighted by atomic mass is 16.5. The number of nitrogens with one attached hydrogen (secondary N) is 1. The minimum atomic E-state index is -0.608. The van der Waals surface area contributed by atoms with Crippen molar-refractivity contribution in [3.8, 4) is 5.75 Å². The van der Waals surface area contributed by atoms with Crippen molar-refractivity contribution in [3.63, 3.8) is 0 Å². The fourth-order valence-corrected chi connectivity index (χ4v) is 5.23. The zero-order valence-electron chi connectivity index (χ0n) is 19.9. The Morgan fingerprint density at radius 2 is 1.76 bits per heavy atom. The Bertz CT molecular complexity index is 965. The third-order valence-electron chi connectivity index (χ3n) is 7.09. The second kappa shape index (κ2) is 10.4. The number of hydrogen-bond donors (Lipinski definition) is 1. The van der Waals surface area contributed by atoms with Gasteiger partial charge in [-0.15, -0.1) is 0 Å². The molecule has 33 heavy (non-hydrogen) atoms. The summed E-state index contributed by atoms with van der Waals surface area (Å²) < 4.78 is 5.23. The highest BCUT2D eigenvalue weighted by Crippen LogP contribution is 2.35. The molecule has 176 valence electrons. The van der Waals surface area contributed by atoms with Gasteiger partial charge in [-0.2, -0.15) is 0 Å². The van der Waals surface area contributed by atoms with Crippen molar-refractivity contribution in [2.45, 2.75) is 64.2 Å². The maximum Gasteiger partial charge on any atom is 0.255 e. The summed E-state index contributed by atoms with van der Waals surface area (Å²) >= 11 is 0. The average molecular weight is 450 g/mol. The Labute approximate surface area is 196 Å². The van der Waals surface area contributed by atoms with Crippen LogP contribution in [0.4, 0.5) is 0 Å². The van der Waals surface area contributed by atoms with Crippen molar-refractivity contribution in [1.29, 1.82) is 0 Å². The predicted octanol–water partition coefficient (Wildman–Crippen LogP) is 4.16. The summed E-state index contributed by atoms with van der Waals surface area (Å²) in [6.07, 6.45) is 4.70. The summed E-state index contributed by atoms with van der Waals surface area (Å²) in [5, 5.41) is 3.11. The zero-order chi connectivity index (χ0) is 23.4. The summed E-state index contributed by atoms with van der Waals surface area (Å²) in [6.45, 7) is 6.56. The molecule has 6 nitrogen and oxygen atoms in total. The average Bonchev–Trinajstić information content (AvgIpc) is 3.10. The van der Waals surface area contributed by atoms with Crippen LogP contribution in [-0.2, 0) is 11.3 Å². The van der Waals surface area contributed by atoms with Gasteiger partial charge in [0.1, 0.15) is 11.8 Å². The number of carbonyl (C=O) groups excluding carboxylic acids is 2. The van der Waals surface area contributed by atoms with Gasteiger partial charge in [0.2, 0.25) is 5.91 Å². The summed E-state index contributed by atoms with van der Waals surface area (Å²) in [4.78, 5) is 30.7. The lowest BCUT2D eigenvalue weighted by atomic mass is 9.97. The van der Waals surface area contributed by atoms with Gasteiger partial charge in [-0.1, -0.05) is 36.8 Å². The van der Waals surface area contributed by atoms with Crippen LogP contribution in [0.25, 0.3) is 0 Å². The minimum absolute atomic E-state index is 0.0995. The van der Waals surface area contributed by atoms with Gasteiger partial charge >= 0.3 is 0 Å². The van der Waals surface area contributed by atoms with E-state index in [0.29, 0.717) is 30.7 Å². The van der Waals surface area contributed by atoms with Crippen LogP contribution >= 0.6 is 0 Å². The summed E-state index contributed by atoms with van der Waals surface area (Å²) in [6, 6.07) is 15.7. The SMILES string of the molecule is COc1ccc(CN2C(=O)c3ccccc3[C@@H]2C(=O)NCCCN2[C@H](C)CCC[C@H]2C)cc1. The molecule has 6 heteroatoms. The van der Waals surface area contributed by atoms with E-state index in [1.807, 2.05) is 48.5 Å². The lowest BCUT2D eigenvalue weighted by Gasteiger charge is -2.39. The molecule has 2 aromatic rings. The number of carbonyl (C=O) groups is 2. The molecule has 2 aromatic carbocycles. The fraction of sp³-hybridized carbons (Fsp3) is 0.481. The van der Waals surface area contributed by atoms with Gasteiger partial charge in [-0.3, -0.25) is 14.5 Å². The molecule has 2 heterocycles. The molecule has 3 atom stereocenters. The molecular weight excluding hydrogens is 414 g/mol. The van der Waals surface area contributed by atoms with Gasteiger partial charge < -0.3 is 15.0 Å². The first-order chi connectivity index (χ1) is 16.0. The zero-order valence-corrected chi connectivity index (χ0v) is 19.9. The summed E-state index contributed by atoms with van der Waals surface area (Å²) in [7, 11) is 1.63. The topological polar surface area (TPSA) is 61.9 Å². The van der Waals surface area contributed by atoms with Crippen LogP contribution in [0.1, 0.15) is 67.1 Å². The minimum Gasteiger partial charge on any atom is -0.497 e. The number of hydrogen-bond acceptors (Lipinski definition) is 4. The number of fused-ring (bicyclic) bond motifs is 1. The highest BCUT2D eigenvalue weighted by Gasteiger charge is 2.40. The molecule has 2 amide bonds. The Balaban J connectivity index is 1.42. The second-order valence-corrected chi connectivity index (χ2v) is 9.28. The van der Waals surface area contributed by atoms with E-state index in [1.54, 1.807) is 12.0 Å². The van der Waals surface area contributed by atoms with E-state index in [1.165, 1.54) is 19.3 Å². The molecule has 0 bridgehead atoms. The molecule has 0 saturated carbocycles. The maximum absolute atomic E-state index is 13.3. The molecule has 2 aliphatic heterocycles. The summed E-state index contributed by atoms with van der Waals surface area (Å²) in [5.41, 5.74) is 2.36. The van der Waals surface area contributed by atoms with Gasteiger partial charge in [0.05, 0.1) is 7.11 Å². The molecule has 1 saturated heterocycles. The normalized spacial score (nSPS) is 22.8. The van der Waals surface area contributed by atoms with Crippen LogP contribution in [0.5, 0.6) is 5.75 Å². The lowest BCUT2D eigenvalue weighted by molar-refractivity contribution is -0.125. The Morgan fingerprint density at radius 1 is 1.06 bits per heavy atom. The smallest absolute Gasteiger partial charge is 0.255 e. The quantitative estimate of drug-likeness (QED) is 0.615. The van der Waals surface area contributed by atoms with E-state index in [9.17, 15) is 9.59 Å². The first kappa shape index (κ1) is 23.3. The number of benzene rings is 2. The van der Waals surface area contributed by atoms with E-state index in [-0.39, 0.29) is 11.8 Å². The van der Waals surface area contributed by atoms with Gasteiger partial charge in [-0.05, 0) is 62.4 Å². The summed E-state index contributed by atoms with van der Waals surface area (Å²) in [5.74, 6) is 0.556. The molecule has 0 spiro atoms. The van der Waals surface area contributed by atoms with Crippen LogP contribution in [0.3, 0.4) is 0 Å². The standard InChI is InChI=1S/C27H35N3O3/c1-19-8-6-9-20(2)29(19)17-7-16-28-26(31)25-23-10-4-5-11-24(23)27(32)30(25)18-21-12-14-22(33-3)15-13-21/h4-5,10-15,19-20,25H,6-9,16-18H2,1-3H3,(H,28,31)/t19-,20-,25-/m1/s1. The van der Waals surface area contributed by atoms with Crippen LogP contribution < -0.4 is 10.1 Å². The van der Waals surface area contributed by atoms with E-state index in [4.69, 9.17) is 4.74 Å². The number of nitrogens with zero attached hydrogens (tertiary/aromatic N) is 2. The Hall–Kier alpha value is -2.86.